The van der Waals surface area contributed by atoms with E-state index in [1.807, 2.05) is 13.2 Å². The molecule has 2 aromatic rings. The van der Waals surface area contributed by atoms with Crippen molar-refractivity contribution in [3.63, 3.8) is 0 Å². The Morgan fingerprint density at radius 2 is 1.84 bits per heavy atom. The SMILES string of the molecule is CNCc1ccc(CC(c2nccs2)C(C)C)cc1. The summed E-state index contributed by atoms with van der Waals surface area (Å²) in [7, 11) is 1.98. The molecular weight excluding hydrogens is 252 g/mol. The predicted molar refractivity (Wildman–Crippen MR) is 82.6 cm³/mol. The van der Waals surface area contributed by atoms with Crippen molar-refractivity contribution < 1.29 is 0 Å². The van der Waals surface area contributed by atoms with E-state index in [0.29, 0.717) is 11.8 Å². The Morgan fingerprint density at radius 1 is 1.16 bits per heavy atom. The van der Waals surface area contributed by atoms with E-state index in [-0.39, 0.29) is 0 Å². The molecule has 0 spiro atoms. The Bertz CT molecular complexity index is 474. The van der Waals surface area contributed by atoms with Gasteiger partial charge in [0.2, 0.25) is 0 Å². The van der Waals surface area contributed by atoms with Gasteiger partial charge in [-0.2, -0.15) is 0 Å². The fraction of sp³-hybridized carbons (Fsp3) is 0.438. The van der Waals surface area contributed by atoms with Crippen LogP contribution in [0.25, 0.3) is 0 Å². The molecule has 0 aliphatic rings. The summed E-state index contributed by atoms with van der Waals surface area (Å²) < 4.78 is 0. The number of rotatable bonds is 6. The molecule has 1 aromatic carbocycles. The van der Waals surface area contributed by atoms with Crippen molar-refractivity contribution in [3.05, 3.63) is 52.0 Å². The highest BCUT2D eigenvalue weighted by atomic mass is 32.1. The lowest BCUT2D eigenvalue weighted by Gasteiger charge is -2.18. The third-order valence-electron chi connectivity index (χ3n) is 3.43. The van der Waals surface area contributed by atoms with Gasteiger partial charge in [-0.1, -0.05) is 38.1 Å². The fourth-order valence-corrected chi connectivity index (χ4v) is 3.19. The zero-order valence-corrected chi connectivity index (χ0v) is 12.7. The van der Waals surface area contributed by atoms with Gasteiger partial charge in [-0.3, -0.25) is 0 Å². The van der Waals surface area contributed by atoms with E-state index in [1.54, 1.807) is 11.3 Å². The van der Waals surface area contributed by atoms with Crippen molar-refractivity contribution in [1.82, 2.24) is 10.3 Å². The number of hydrogen-bond acceptors (Lipinski definition) is 3. The van der Waals surface area contributed by atoms with Crippen molar-refractivity contribution in [2.75, 3.05) is 7.05 Å². The second-order valence-electron chi connectivity index (χ2n) is 5.27. The summed E-state index contributed by atoms with van der Waals surface area (Å²) in [5.74, 6) is 1.14. The minimum atomic E-state index is 0.523. The highest BCUT2D eigenvalue weighted by Gasteiger charge is 2.18. The van der Waals surface area contributed by atoms with Gasteiger partial charge in [-0.15, -0.1) is 11.3 Å². The smallest absolute Gasteiger partial charge is 0.0961 e. The van der Waals surface area contributed by atoms with Crippen LogP contribution in [0, 0.1) is 5.92 Å². The molecule has 0 radical (unpaired) electrons. The average molecular weight is 274 g/mol. The number of hydrogen-bond donors (Lipinski definition) is 1. The first kappa shape index (κ1) is 14.2. The normalized spacial score (nSPS) is 12.8. The van der Waals surface area contributed by atoms with Gasteiger partial charge in [0.15, 0.2) is 0 Å². The average Bonchev–Trinajstić information content (AvgIpc) is 2.91. The molecule has 0 aliphatic carbocycles. The van der Waals surface area contributed by atoms with Gasteiger partial charge in [-0.05, 0) is 30.5 Å². The van der Waals surface area contributed by atoms with E-state index in [9.17, 15) is 0 Å². The van der Waals surface area contributed by atoms with Crippen LogP contribution >= 0.6 is 11.3 Å². The van der Waals surface area contributed by atoms with Crippen LogP contribution < -0.4 is 5.32 Å². The molecule has 3 heteroatoms. The molecule has 1 unspecified atom stereocenters. The van der Waals surface area contributed by atoms with Crippen LogP contribution in [0.4, 0.5) is 0 Å². The monoisotopic (exact) mass is 274 g/mol. The minimum absolute atomic E-state index is 0.523. The van der Waals surface area contributed by atoms with E-state index < -0.39 is 0 Å². The number of nitrogens with zero attached hydrogens (tertiary/aromatic N) is 1. The maximum Gasteiger partial charge on any atom is 0.0961 e. The summed E-state index contributed by atoms with van der Waals surface area (Å²) in [6, 6.07) is 8.92. The standard InChI is InChI=1S/C16H22N2S/c1-12(2)15(16-18-8-9-19-16)10-13-4-6-14(7-5-13)11-17-3/h4-9,12,15,17H,10-11H2,1-3H3. The Labute approximate surface area is 119 Å². The molecule has 1 aromatic heterocycles. The fourth-order valence-electron chi connectivity index (χ4n) is 2.28. The van der Waals surface area contributed by atoms with Gasteiger partial charge in [0.05, 0.1) is 5.01 Å². The molecule has 1 N–H and O–H groups in total. The number of benzene rings is 1. The molecule has 0 saturated heterocycles. The van der Waals surface area contributed by atoms with Gasteiger partial charge >= 0.3 is 0 Å². The highest BCUT2D eigenvalue weighted by molar-refractivity contribution is 7.09. The Hall–Kier alpha value is -1.19. The molecule has 0 aliphatic heterocycles. The number of thiazole rings is 1. The number of nitrogens with one attached hydrogen (secondary N) is 1. The van der Waals surface area contributed by atoms with Crippen molar-refractivity contribution in [2.45, 2.75) is 32.7 Å². The topological polar surface area (TPSA) is 24.9 Å². The summed E-state index contributed by atoms with van der Waals surface area (Å²) in [5.41, 5.74) is 2.73. The van der Waals surface area contributed by atoms with Gasteiger partial charge in [0.25, 0.3) is 0 Å². The summed E-state index contributed by atoms with van der Waals surface area (Å²) in [6.07, 6.45) is 2.98. The molecule has 2 nitrogen and oxygen atoms in total. The Kier molecular flexibility index (Phi) is 5.11. The quantitative estimate of drug-likeness (QED) is 0.865. The van der Waals surface area contributed by atoms with Crippen LogP contribution in [0.15, 0.2) is 35.8 Å². The summed E-state index contributed by atoms with van der Waals surface area (Å²) in [4.78, 5) is 4.49. The lowest BCUT2D eigenvalue weighted by molar-refractivity contribution is 0.493. The van der Waals surface area contributed by atoms with Crippen molar-refractivity contribution >= 4 is 11.3 Å². The molecular formula is C16H22N2S. The predicted octanol–water partition coefficient (Wildman–Crippen LogP) is 3.84. The van der Waals surface area contributed by atoms with Crippen molar-refractivity contribution in [3.8, 4) is 0 Å². The van der Waals surface area contributed by atoms with Crippen LogP contribution in [-0.4, -0.2) is 12.0 Å². The lowest BCUT2D eigenvalue weighted by Crippen LogP contribution is -2.10. The first-order valence-electron chi connectivity index (χ1n) is 6.82. The van der Waals surface area contributed by atoms with E-state index in [1.165, 1.54) is 16.1 Å². The lowest BCUT2D eigenvalue weighted by atomic mass is 9.89. The van der Waals surface area contributed by atoms with Crippen molar-refractivity contribution in [2.24, 2.45) is 5.92 Å². The summed E-state index contributed by atoms with van der Waals surface area (Å²) >= 11 is 1.77. The zero-order valence-electron chi connectivity index (χ0n) is 11.9. The number of aromatic nitrogens is 1. The Morgan fingerprint density at radius 3 is 2.37 bits per heavy atom. The van der Waals surface area contributed by atoms with Crippen LogP contribution in [-0.2, 0) is 13.0 Å². The van der Waals surface area contributed by atoms with Gasteiger partial charge in [0.1, 0.15) is 0 Å². The zero-order chi connectivity index (χ0) is 13.7. The summed E-state index contributed by atoms with van der Waals surface area (Å²) in [6.45, 7) is 5.49. The van der Waals surface area contributed by atoms with Gasteiger partial charge in [-0.25, -0.2) is 4.98 Å². The molecule has 0 amide bonds. The largest absolute Gasteiger partial charge is 0.316 e. The van der Waals surface area contributed by atoms with Crippen LogP contribution in [0.3, 0.4) is 0 Å². The van der Waals surface area contributed by atoms with E-state index in [4.69, 9.17) is 0 Å². The molecule has 1 heterocycles. The molecule has 19 heavy (non-hydrogen) atoms. The van der Waals surface area contributed by atoms with Crippen LogP contribution in [0.2, 0.25) is 0 Å². The van der Waals surface area contributed by atoms with E-state index in [0.717, 1.165) is 13.0 Å². The molecule has 0 saturated carbocycles. The van der Waals surface area contributed by atoms with Crippen LogP contribution in [0.5, 0.6) is 0 Å². The molecule has 1 atom stereocenters. The highest BCUT2D eigenvalue weighted by Crippen LogP contribution is 2.29. The first-order valence-corrected chi connectivity index (χ1v) is 7.70. The third-order valence-corrected chi connectivity index (χ3v) is 4.34. The van der Waals surface area contributed by atoms with E-state index in [2.05, 4.69) is 53.8 Å². The molecule has 102 valence electrons. The maximum absolute atomic E-state index is 4.49. The third kappa shape index (κ3) is 3.88. The Balaban J connectivity index is 2.09. The molecule has 0 bridgehead atoms. The molecule has 0 fully saturated rings. The van der Waals surface area contributed by atoms with Gasteiger partial charge < -0.3 is 5.32 Å². The second-order valence-corrected chi connectivity index (χ2v) is 6.20. The first-order chi connectivity index (χ1) is 9.20. The second kappa shape index (κ2) is 6.83. The van der Waals surface area contributed by atoms with E-state index >= 15 is 0 Å². The van der Waals surface area contributed by atoms with Gasteiger partial charge in [0, 0.05) is 24.0 Å². The van der Waals surface area contributed by atoms with Crippen LogP contribution in [0.1, 0.15) is 35.9 Å². The maximum atomic E-state index is 4.49. The molecule has 2 rings (SSSR count). The minimum Gasteiger partial charge on any atom is -0.316 e. The summed E-state index contributed by atoms with van der Waals surface area (Å²) in [5, 5.41) is 6.51. The van der Waals surface area contributed by atoms with Crippen molar-refractivity contribution in [1.29, 1.82) is 0 Å².